The van der Waals surface area contributed by atoms with Gasteiger partial charge in [0.05, 0.1) is 18.0 Å². The van der Waals surface area contributed by atoms with E-state index in [2.05, 4.69) is 0 Å². The largest absolute Gasteiger partial charge is 0.491 e. The van der Waals surface area contributed by atoms with Crippen molar-refractivity contribution in [2.45, 2.75) is 39.7 Å². The fourth-order valence-corrected chi connectivity index (χ4v) is 2.98. The first-order valence-electron chi connectivity index (χ1n) is 8.13. The Bertz CT molecular complexity index is 626. The van der Waals surface area contributed by atoms with Gasteiger partial charge in [0.2, 0.25) is 15.9 Å². The molecule has 0 bridgehead atoms. The molecular weight excluding hydrogens is 328 g/mol. The first-order chi connectivity index (χ1) is 11.1. The molecule has 1 amide bonds. The van der Waals surface area contributed by atoms with E-state index in [4.69, 9.17) is 4.74 Å². The quantitative estimate of drug-likeness (QED) is 0.682. The molecule has 24 heavy (non-hydrogen) atoms. The van der Waals surface area contributed by atoms with E-state index in [9.17, 15) is 13.2 Å². The molecule has 0 N–H and O–H groups in total. The van der Waals surface area contributed by atoms with Crippen LogP contribution in [0, 0.1) is 0 Å². The van der Waals surface area contributed by atoms with E-state index in [1.807, 2.05) is 20.8 Å². The minimum atomic E-state index is -3.56. The van der Waals surface area contributed by atoms with Gasteiger partial charge in [0, 0.05) is 13.6 Å². The fourth-order valence-electron chi connectivity index (χ4n) is 2.13. The molecular formula is C17H28N2O4S. The van der Waals surface area contributed by atoms with E-state index in [1.165, 1.54) is 0 Å². The Morgan fingerprint density at radius 3 is 2.25 bits per heavy atom. The van der Waals surface area contributed by atoms with Gasteiger partial charge in [0.25, 0.3) is 0 Å². The first kappa shape index (κ1) is 20.3. The number of carbonyl (C=O) groups is 1. The lowest BCUT2D eigenvalue weighted by atomic mass is 10.3. The zero-order valence-corrected chi connectivity index (χ0v) is 16.0. The van der Waals surface area contributed by atoms with Crippen LogP contribution < -0.4 is 9.04 Å². The number of nitrogens with zero attached hydrogens (tertiary/aromatic N) is 2. The highest BCUT2D eigenvalue weighted by Gasteiger charge is 2.22. The van der Waals surface area contributed by atoms with Crippen LogP contribution in [0.15, 0.2) is 24.3 Å². The second kappa shape index (κ2) is 8.92. The summed E-state index contributed by atoms with van der Waals surface area (Å²) < 4.78 is 30.9. The number of benzene rings is 1. The molecule has 0 fully saturated rings. The summed E-state index contributed by atoms with van der Waals surface area (Å²) >= 11 is 0. The number of carbonyl (C=O) groups excluding carboxylic acids is 1. The number of hydrogen-bond acceptors (Lipinski definition) is 4. The summed E-state index contributed by atoms with van der Waals surface area (Å²) in [6.45, 7) is 6.29. The van der Waals surface area contributed by atoms with Crippen LogP contribution >= 0.6 is 0 Å². The van der Waals surface area contributed by atoms with Gasteiger partial charge in [-0.3, -0.25) is 9.10 Å². The Balaban J connectivity index is 2.92. The molecule has 1 aromatic carbocycles. The van der Waals surface area contributed by atoms with Gasteiger partial charge in [0.15, 0.2) is 0 Å². The van der Waals surface area contributed by atoms with Gasteiger partial charge >= 0.3 is 0 Å². The lowest BCUT2D eigenvalue weighted by Gasteiger charge is -2.25. The fraction of sp³-hybridized carbons (Fsp3) is 0.588. The van der Waals surface area contributed by atoms with Crippen LogP contribution in [0.25, 0.3) is 0 Å². The molecule has 0 saturated heterocycles. The maximum Gasteiger partial charge on any atom is 0.243 e. The molecule has 1 rings (SSSR count). The van der Waals surface area contributed by atoms with E-state index in [-0.39, 0.29) is 18.6 Å². The van der Waals surface area contributed by atoms with E-state index < -0.39 is 10.0 Å². The molecule has 0 aromatic heterocycles. The second-order valence-electron chi connectivity index (χ2n) is 6.10. The van der Waals surface area contributed by atoms with Crippen molar-refractivity contribution < 1.29 is 17.9 Å². The molecule has 136 valence electrons. The Hall–Kier alpha value is -1.76. The molecule has 0 aliphatic carbocycles. The topological polar surface area (TPSA) is 66.9 Å². The Kier molecular flexibility index (Phi) is 7.54. The lowest BCUT2D eigenvalue weighted by molar-refractivity contribution is -0.128. The van der Waals surface area contributed by atoms with Crippen molar-refractivity contribution in [3.8, 4) is 5.75 Å². The molecule has 0 atom stereocenters. The molecule has 0 saturated carbocycles. The molecule has 0 aliphatic heterocycles. The molecule has 0 aliphatic rings. The zero-order valence-electron chi connectivity index (χ0n) is 15.2. The smallest absolute Gasteiger partial charge is 0.243 e. The number of unbranched alkanes of at least 4 members (excludes halogenated alkanes) is 1. The van der Waals surface area contributed by atoms with Crippen molar-refractivity contribution in [1.82, 2.24) is 4.90 Å². The summed E-state index contributed by atoms with van der Waals surface area (Å²) in [6.07, 6.45) is 3.01. The molecule has 7 heteroatoms. The third-order valence-corrected chi connectivity index (χ3v) is 4.59. The summed E-state index contributed by atoms with van der Waals surface area (Å²) in [5, 5.41) is 0. The normalized spacial score (nSPS) is 11.4. The van der Waals surface area contributed by atoms with E-state index in [0.29, 0.717) is 18.0 Å². The summed E-state index contributed by atoms with van der Waals surface area (Å²) in [6, 6.07) is 6.72. The van der Waals surface area contributed by atoms with Crippen molar-refractivity contribution in [3.63, 3.8) is 0 Å². The van der Waals surface area contributed by atoms with Crippen LogP contribution in [-0.2, 0) is 14.8 Å². The Morgan fingerprint density at radius 2 is 1.79 bits per heavy atom. The molecule has 0 spiro atoms. The maximum absolute atomic E-state index is 12.3. The summed E-state index contributed by atoms with van der Waals surface area (Å²) in [7, 11) is -1.87. The van der Waals surface area contributed by atoms with Crippen LogP contribution in [0.3, 0.4) is 0 Å². The van der Waals surface area contributed by atoms with E-state index in [1.54, 1.807) is 36.2 Å². The van der Waals surface area contributed by atoms with Crippen LogP contribution in [-0.4, -0.2) is 51.7 Å². The standard InChI is InChI=1S/C17H28N2O4S/c1-6-7-12-18(4)17(20)13-19(24(5,21)22)15-8-10-16(11-9-15)23-14(2)3/h8-11,14H,6-7,12-13H2,1-5H3. The van der Waals surface area contributed by atoms with Crippen LogP contribution in [0.5, 0.6) is 5.75 Å². The highest BCUT2D eigenvalue weighted by molar-refractivity contribution is 7.92. The number of amides is 1. The van der Waals surface area contributed by atoms with Crippen molar-refractivity contribution in [2.24, 2.45) is 0 Å². The molecule has 1 aromatic rings. The first-order valence-corrected chi connectivity index (χ1v) is 9.98. The van der Waals surface area contributed by atoms with Gasteiger partial charge in [-0.1, -0.05) is 13.3 Å². The molecule has 0 heterocycles. The predicted molar refractivity (Wildman–Crippen MR) is 96.9 cm³/mol. The van der Waals surface area contributed by atoms with Gasteiger partial charge in [-0.25, -0.2) is 8.42 Å². The second-order valence-corrected chi connectivity index (χ2v) is 8.01. The average Bonchev–Trinajstić information content (AvgIpc) is 2.49. The van der Waals surface area contributed by atoms with Gasteiger partial charge in [0.1, 0.15) is 12.3 Å². The van der Waals surface area contributed by atoms with Gasteiger partial charge in [-0.2, -0.15) is 0 Å². The summed E-state index contributed by atoms with van der Waals surface area (Å²) in [5.74, 6) is 0.435. The van der Waals surface area contributed by atoms with Crippen molar-refractivity contribution in [1.29, 1.82) is 0 Å². The number of likely N-dealkylation sites (N-methyl/N-ethyl adjacent to an activating group) is 1. The van der Waals surface area contributed by atoms with Crippen molar-refractivity contribution >= 4 is 21.6 Å². The minimum Gasteiger partial charge on any atom is -0.491 e. The molecule has 6 nitrogen and oxygen atoms in total. The van der Waals surface area contributed by atoms with Crippen LogP contribution in [0.4, 0.5) is 5.69 Å². The minimum absolute atomic E-state index is 0.0376. The van der Waals surface area contributed by atoms with Crippen molar-refractivity contribution in [3.05, 3.63) is 24.3 Å². The van der Waals surface area contributed by atoms with Crippen LogP contribution in [0.1, 0.15) is 33.6 Å². The molecule has 0 radical (unpaired) electrons. The van der Waals surface area contributed by atoms with Gasteiger partial charge in [-0.15, -0.1) is 0 Å². The lowest BCUT2D eigenvalue weighted by Crippen LogP contribution is -2.41. The maximum atomic E-state index is 12.3. The average molecular weight is 356 g/mol. The number of sulfonamides is 1. The highest BCUT2D eigenvalue weighted by atomic mass is 32.2. The zero-order chi connectivity index (χ0) is 18.3. The predicted octanol–water partition coefficient (Wildman–Crippen LogP) is 2.50. The van der Waals surface area contributed by atoms with E-state index in [0.717, 1.165) is 23.4 Å². The van der Waals surface area contributed by atoms with Crippen molar-refractivity contribution in [2.75, 3.05) is 30.7 Å². The summed E-state index contributed by atoms with van der Waals surface area (Å²) in [5.41, 5.74) is 0.450. The monoisotopic (exact) mass is 356 g/mol. The third kappa shape index (κ3) is 6.39. The van der Waals surface area contributed by atoms with Gasteiger partial charge in [-0.05, 0) is 44.5 Å². The Labute approximate surface area is 145 Å². The van der Waals surface area contributed by atoms with Crippen LogP contribution in [0.2, 0.25) is 0 Å². The third-order valence-electron chi connectivity index (χ3n) is 3.45. The number of rotatable bonds is 9. The SMILES string of the molecule is CCCCN(C)C(=O)CN(c1ccc(OC(C)C)cc1)S(C)(=O)=O. The number of anilines is 1. The number of ether oxygens (including phenoxy) is 1. The highest BCUT2D eigenvalue weighted by Crippen LogP contribution is 2.22. The Morgan fingerprint density at radius 1 is 1.21 bits per heavy atom. The van der Waals surface area contributed by atoms with Gasteiger partial charge < -0.3 is 9.64 Å². The number of hydrogen-bond donors (Lipinski definition) is 0. The van der Waals surface area contributed by atoms with E-state index >= 15 is 0 Å². The molecule has 0 unspecified atom stereocenters. The summed E-state index contributed by atoms with van der Waals surface area (Å²) in [4.78, 5) is 13.9.